The van der Waals surface area contributed by atoms with Gasteiger partial charge in [-0.3, -0.25) is 4.90 Å². The summed E-state index contributed by atoms with van der Waals surface area (Å²) in [7, 11) is 0. The van der Waals surface area contributed by atoms with Gasteiger partial charge in [0.2, 0.25) is 0 Å². The van der Waals surface area contributed by atoms with Crippen molar-refractivity contribution in [3.05, 3.63) is 21.4 Å². The zero-order valence-electron chi connectivity index (χ0n) is 12.7. The normalized spacial score (nSPS) is 30.0. The second-order valence-corrected chi connectivity index (χ2v) is 7.41. The Morgan fingerprint density at radius 3 is 3.00 bits per heavy atom. The van der Waals surface area contributed by atoms with Crippen molar-refractivity contribution < 1.29 is 13.5 Å². The van der Waals surface area contributed by atoms with Crippen LogP contribution in [0.25, 0.3) is 0 Å². The largest absolute Gasteiger partial charge is 0.370 e. The quantitative estimate of drug-likeness (QED) is 0.840. The average Bonchev–Trinajstić information content (AvgIpc) is 2.87. The number of piperidine rings is 1. The molecule has 5 heteroatoms. The Hall–Kier alpha value is -0.520. The number of fused-ring (bicyclic) bond motifs is 2. The lowest BCUT2D eigenvalue weighted by Gasteiger charge is -2.47. The summed E-state index contributed by atoms with van der Waals surface area (Å²) in [5.74, 6) is 0. The molecule has 2 aliphatic heterocycles. The maximum absolute atomic E-state index is 12.6. The summed E-state index contributed by atoms with van der Waals surface area (Å²) < 4.78 is 31.5. The van der Waals surface area contributed by atoms with Gasteiger partial charge in [-0.2, -0.15) is 0 Å². The fraction of sp³-hybridized carbons (Fsp3) is 0.750. The fourth-order valence-electron chi connectivity index (χ4n) is 3.72. The van der Waals surface area contributed by atoms with Crippen LogP contribution in [0.1, 0.15) is 42.0 Å². The van der Waals surface area contributed by atoms with Crippen LogP contribution in [-0.4, -0.2) is 37.1 Å². The first-order valence-electron chi connectivity index (χ1n) is 7.82. The van der Waals surface area contributed by atoms with E-state index in [2.05, 4.69) is 13.0 Å². The Balaban J connectivity index is 1.82. The minimum absolute atomic E-state index is 0.117. The fourth-order valence-corrected chi connectivity index (χ4v) is 4.90. The number of thiophene rings is 1. The molecule has 1 aromatic heterocycles. The third kappa shape index (κ3) is 2.88. The van der Waals surface area contributed by atoms with Gasteiger partial charge in [0.05, 0.1) is 18.8 Å². The molecule has 1 spiro atoms. The minimum Gasteiger partial charge on any atom is -0.370 e. The minimum atomic E-state index is -2.25. The van der Waals surface area contributed by atoms with Gasteiger partial charge in [0, 0.05) is 28.8 Å². The van der Waals surface area contributed by atoms with Gasteiger partial charge in [0.25, 0.3) is 6.43 Å². The number of nitrogens with zero attached hydrogens (tertiary/aromatic N) is 1. The standard InChI is InChI=1S/C16H23F2NOS/c1-3-12-8-13-14(21-12)4-7-20-16(13)5-6-19(10-15(17)18)11(2)9-16/h8,11,15H,3-7,9-10H2,1-2H3/t11-,16+/m0/s1. The first-order chi connectivity index (χ1) is 10.0. The first kappa shape index (κ1) is 15.4. The summed E-state index contributed by atoms with van der Waals surface area (Å²) >= 11 is 1.90. The molecule has 3 heterocycles. The highest BCUT2D eigenvalue weighted by Gasteiger charge is 2.44. The molecular weight excluding hydrogens is 292 g/mol. The summed E-state index contributed by atoms with van der Waals surface area (Å²) in [6.45, 7) is 5.57. The van der Waals surface area contributed by atoms with Crippen molar-refractivity contribution in [2.75, 3.05) is 19.7 Å². The van der Waals surface area contributed by atoms with Gasteiger partial charge in [0.15, 0.2) is 0 Å². The molecule has 0 N–H and O–H groups in total. The van der Waals surface area contributed by atoms with Crippen LogP contribution in [0.3, 0.4) is 0 Å². The van der Waals surface area contributed by atoms with Crippen molar-refractivity contribution in [3.8, 4) is 0 Å². The highest BCUT2D eigenvalue weighted by Crippen LogP contribution is 2.46. The molecule has 1 aromatic rings. The Morgan fingerprint density at radius 1 is 1.52 bits per heavy atom. The third-order valence-electron chi connectivity index (χ3n) is 4.83. The predicted octanol–water partition coefficient (Wildman–Crippen LogP) is 3.83. The second-order valence-electron chi connectivity index (χ2n) is 6.19. The lowest BCUT2D eigenvalue weighted by Crippen LogP contribution is -2.51. The van der Waals surface area contributed by atoms with Crippen LogP contribution in [0, 0.1) is 0 Å². The molecule has 3 rings (SSSR count). The van der Waals surface area contributed by atoms with Crippen LogP contribution in [0.4, 0.5) is 8.78 Å². The van der Waals surface area contributed by atoms with Crippen molar-refractivity contribution in [2.24, 2.45) is 0 Å². The predicted molar refractivity (Wildman–Crippen MR) is 81.3 cm³/mol. The van der Waals surface area contributed by atoms with Crippen molar-refractivity contribution in [1.82, 2.24) is 4.90 Å². The van der Waals surface area contributed by atoms with Crippen LogP contribution in [0.2, 0.25) is 0 Å². The van der Waals surface area contributed by atoms with E-state index >= 15 is 0 Å². The number of hydrogen-bond donors (Lipinski definition) is 0. The molecule has 1 saturated heterocycles. The average molecular weight is 315 g/mol. The smallest absolute Gasteiger partial charge is 0.251 e. The van der Waals surface area contributed by atoms with E-state index in [0.717, 1.165) is 32.3 Å². The van der Waals surface area contributed by atoms with Crippen LogP contribution in [0.5, 0.6) is 0 Å². The van der Waals surface area contributed by atoms with E-state index < -0.39 is 6.43 Å². The van der Waals surface area contributed by atoms with E-state index in [-0.39, 0.29) is 18.2 Å². The Morgan fingerprint density at radius 2 is 2.33 bits per heavy atom. The topological polar surface area (TPSA) is 12.5 Å². The maximum atomic E-state index is 12.6. The molecular formula is C16H23F2NOS. The molecule has 1 fully saturated rings. The number of likely N-dealkylation sites (tertiary alicyclic amines) is 1. The number of halogens is 2. The summed E-state index contributed by atoms with van der Waals surface area (Å²) in [6.07, 6.45) is 1.46. The molecule has 0 aliphatic carbocycles. The Kier molecular flexibility index (Phi) is 4.35. The van der Waals surface area contributed by atoms with E-state index in [1.165, 1.54) is 15.3 Å². The van der Waals surface area contributed by atoms with Crippen LogP contribution < -0.4 is 0 Å². The second kappa shape index (κ2) is 5.94. The maximum Gasteiger partial charge on any atom is 0.251 e. The van der Waals surface area contributed by atoms with Crippen molar-refractivity contribution in [2.45, 2.75) is 57.6 Å². The molecule has 0 aromatic carbocycles. The van der Waals surface area contributed by atoms with Gasteiger partial charge in [-0.1, -0.05) is 6.92 Å². The molecule has 0 amide bonds. The third-order valence-corrected chi connectivity index (χ3v) is 6.17. The monoisotopic (exact) mass is 315 g/mol. The summed E-state index contributed by atoms with van der Waals surface area (Å²) in [6, 6.07) is 2.44. The van der Waals surface area contributed by atoms with Crippen molar-refractivity contribution in [1.29, 1.82) is 0 Å². The van der Waals surface area contributed by atoms with Gasteiger partial charge in [0.1, 0.15) is 0 Å². The molecule has 2 nitrogen and oxygen atoms in total. The zero-order valence-corrected chi connectivity index (χ0v) is 13.5. The van der Waals surface area contributed by atoms with E-state index in [9.17, 15) is 8.78 Å². The summed E-state index contributed by atoms with van der Waals surface area (Å²) in [4.78, 5) is 4.76. The van der Waals surface area contributed by atoms with Crippen LogP contribution >= 0.6 is 11.3 Å². The first-order valence-corrected chi connectivity index (χ1v) is 8.64. The van der Waals surface area contributed by atoms with Crippen LogP contribution in [-0.2, 0) is 23.2 Å². The lowest BCUT2D eigenvalue weighted by molar-refractivity contribution is -0.116. The highest BCUT2D eigenvalue weighted by molar-refractivity contribution is 7.12. The van der Waals surface area contributed by atoms with Gasteiger partial charge in [-0.25, -0.2) is 8.78 Å². The molecule has 0 unspecified atom stereocenters. The molecule has 0 saturated carbocycles. The Bertz CT molecular complexity index is 504. The van der Waals surface area contributed by atoms with Gasteiger partial charge >= 0.3 is 0 Å². The zero-order chi connectivity index (χ0) is 15.0. The van der Waals surface area contributed by atoms with E-state index in [4.69, 9.17) is 4.74 Å². The SMILES string of the molecule is CCc1cc2c(s1)CCO[C@@]21CCN(CC(F)F)[C@@H](C)C1. The highest BCUT2D eigenvalue weighted by atomic mass is 32.1. The number of hydrogen-bond acceptors (Lipinski definition) is 3. The molecule has 2 atom stereocenters. The molecule has 2 aliphatic rings. The molecule has 118 valence electrons. The van der Waals surface area contributed by atoms with Gasteiger partial charge < -0.3 is 4.74 Å². The van der Waals surface area contributed by atoms with Crippen LogP contribution in [0.15, 0.2) is 6.07 Å². The number of alkyl halides is 2. The summed E-state index contributed by atoms with van der Waals surface area (Å²) in [5.41, 5.74) is 1.12. The summed E-state index contributed by atoms with van der Waals surface area (Å²) in [5, 5.41) is 0. The van der Waals surface area contributed by atoms with E-state index in [1.54, 1.807) is 0 Å². The molecule has 21 heavy (non-hydrogen) atoms. The number of ether oxygens (including phenoxy) is 1. The molecule has 0 radical (unpaired) electrons. The van der Waals surface area contributed by atoms with Gasteiger partial charge in [-0.05, 0) is 37.8 Å². The van der Waals surface area contributed by atoms with Crippen molar-refractivity contribution >= 4 is 11.3 Å². The van der Waals surface area contributed by atoms with Gasteiger partial charge in [-0.15, -0.1) is 11.3 Å². The lowest BCUT2D eigenvalue weighted by atomic mass is 9.79. The Labute approximate surface area is 129 Å². The number of aryl methyl sites for hydroxylation is 1. The number of rotatable bonds is 3. The van der Waals surface area contributed by atoms with E-state index in [0.29, 0.717) is 6.54 Å². The molecule has 0 bridgehead atoms. The van der Waals surface area contributed by atoms with Crippen molar-refractivity contribution in [3.63, 3.8) is 0 Å². The van der Waals surface area contributed by atoms with E-state index in [1.807, 2.05) is 23.2 Å².